The molecule has 148 valence electrons. The summed E-state index contributed by atoms with van der Waals surface area (Å²) in [5, 5.41) is 9.60. The molecule has 0 aliphatic carbocycles. The number of carbonyl (C=O) groups excluding carboxylic acids is 2. The van der Waals surface area contributed by atoms with E-state index in [0.29, 0.717) is 31.7 Å². The fourth-order valence-corrected chi connectivity index (χ4v) is 4.16. The summed E-state index contributed by atoms with van der Waals surface area (Å²) in [7, 11) is 0. The van der Waals surface area contributed by atoms with Crippen molar-refractivity contribution in [3.8, 4) is 0 Å². The van der Waals surface area contributed by atoms with Crippen LogP contribution in [0, 0.1) is 5.92 Å². The Balaban J connectivity index is 1.50. The van der Waals surface area contributed by atoms with Crippen LogP contribution < -0.4 is 0 Å². The van der Waals surface area contributed by atoms with E-state index < -0.39 is 0 Å². The molecule has 0 saturated carbocycles. The van der Waals surface area contributed by atoms with E-state index in [-0.39, 0.29) is 29.9 Å². The van der Waals surface area contributed by atoms with Crippen molar-refractivity contribution in [3.05, 3.63) is 35.9 Å². The second-order valence-corrected chi connectivity index (χ2v) is 7.91. The molecule has 27 heavy (non-hydrogen) atoms. The minimum atomic E-state index is -0.346. The van der Waals surface area contributed by atoms with E-state index in [1.165, 1.54) is 0 Å². The summed E-state index contributed by atoms with van der Waals surface area (Å²) in [6.45, 7) is 8.10. The molecule has 1 N–H and O–H groups in total. The van der Waals surface area contributed by atoms with Crippen LogP contribution in [0.2, 0.25) is 0 Å². The molecule has 1 aromatic rings. The number of hydrogen-bond donors (Lipinski definition) is 1. The molecule has 2 saturated heterocycles. The fourth-order valence-electron chi connectivity index (χ4n) is 4.16. The largest absolute Gasteiger partial charge is 0.392 e. The summed E-state index contributed by atoms with van der Waals surface area (Å²) in [5.41, 5.74) is 0.713. The van der Waals surface area contributed by atoms with Gasteiger partial charge in [0.05, 0.1) is 6.10 Å². The van der Waals surface area contributed by atoms with Gasteiger partial charge in [0.25, 0.3) is 5.91 Å². The van der Waals surface area contributed by atoms with Crippen LogP contribution in [0.25, 0.3) is 0 Å². The Morgan fingerprint density at radius 3 is 2.33 bits per heavy atom. The van der Waals surface area contributed by atoms with Crippen LogP contribution in [-0.2, 0) is 4.79 Å². The van der Waals surface area contributed by atoms with Gasteiger partial charge in [-0.3, -0.25) is 14.5 Å². The minimum Gasteiger partial charge on any atom is -0.392 e. The second kappa shape index (κ2) is 8.85. The summed E-state index contributed by atoms with van der Waals surface area (Å²) < 4.78 is 0. The smallest absolute Gasteiger partial charge is 0.253 e. The molecule has 1 aromatic carbocycles. The van der Waals surface area contributed by atoms with Crippen LogP contribution in [0.4, 0.5) is 0 Å². The van der Waals surface area contributed by atoms with Crippen LogP contribution >= 0.6 is 0 Å². The molecule has 2 heterocycles. The topological polar surface area (TPSA) is 64.1 Å². The predicted molar refractivity (Wildman–Crippen MR) is 104 cm³/mol. The zero-order valence-electron chi connectivity index (χ0n) is 16.4. The molecule has 0 spiro atoms. The van der Waals surface area contributed by atoms with Crippen LogP contribution in [0.5, 0.6) is 0 Å². The molecule has 0 bridgehead atoms. The van der Waals surface area contributed by atoms with Crippen LogP contribution in [0.3, 0.4) is 0 Å². The molecule has 2 fully saturated rings. The van der Waals surface area contributed by atoms with E-state index in [1.54, 1.807) is 6.92 Å². The third kappa shape index (κ3) is 4.87. The number of aliphatic hydroxyl groups is 1. The van der Waals surface area contributed by atoms with Gasteiger partial charge in [0, 0.05) is 56.8 Å². The number of aliphatic hydroxyl groups excluding tert-OH is 1. The van der Waals surface area contributed by atoms with Crippen molar-refractivity contribution >= 4 is 11.8 Å². The van der Waals surface area contributed by atoms with Gasteiger partial charge in [0.1, 0.15) is 0 Å². The Labute approximate surface area is 161 Å². The molecule has 6 nitrogen and oxygen atoms in total. The van der Waals surface area contributed by atoms with Crippen molar-refractivity contribution in [1.29, 1.82) is 0 Å². The third-order valence-corrected chi connectivity index (χ3v) is 5.73. The summed E-state index contributed by atoms with van der Waals surface area (Å²) in [6, 6.07) is 9.60. The van der Waals surface area contributed by atoms with E-state index in [1.807, 2.05) is 40.1 Å². The molecular formula is C21H31N3O3. The van der Waals surface area contributed by atoms with Gasteiger partial charge in [-0.15, -0.1) is 0 Å². The van der Waals surface area contributed by atoms with E-state index in [2.05, 4.69) is 11.8 Å². The average Bonchev–Trinajstić information content (AvgIpc) is 2.69. The molecule has 2 amide bonds. The Kier molecular flexibility index (Phi) is 6.50. The predicted octanol–water partition coefficient (Wildman–Crippen LogP) is 1.45. The first-order chi connectivity index (χ1) is 13.0. The van der Waals surface area contributed by atoms with Crippen LogP contribution in [0.15, 0.2) is 30.3 Å². The SMILES string of the molecule is CC(O)CN1CCN(C(=O)C2CCN(C(=O)c3ccccc3)CC2)CC1C. The molecule has 3 rings (SSSR count). The standard InChI is InChI=1S/C21H31N3O3/c1-16-14-24(13-12-23(16)15-17(2)25)21(27)19-8-10-22(11-9-19)20(26)18-6-4-3-5-7-18/h3-7,16-17,19,25H,8-15H2,1-2H3. The van der Waals surface area contributed by atoms with Gasteiger partial charge in [0.2, 0.25) is 5.91 Å². The highest BCUT2D eigenvalue weighted by Gasteiger charge is 2.33. The molecule has 6 heteroatoms. The molecule has 2 atom stereocenters. The van der Waals surface area contributed by atoms with Crippen molar-refractivity contribution in [2.75, 3.05) is 39.3 Å². The summed E-state index contributed by atoms with van der Waals surface area (Å²) >= 11 is 0. The van der Waals surface area contributed by atoms with E-state index in [9.17, 15) is 14.7 Å². The number of carbonyl (C=O) groups is 2. The fraction of sp³-hybridized carbons (Fsp3) is 0.619. The molecule has 2 aliphatic heterocycles. The lowest BCUT2D eigenvalue weighted by Crippen LogP contribution is -2.56. The minimum absolute atomic E-state index is 0.0142. The molecule has 0 radical (unpaired) electrons. The maximum absolute atomic E-state index is 12.9. The zero-order chi connectivity index (χ0) is 19.4. The van der Waals surface area contributed by atoms with Crippen molar-refractivity contribution in [1.82, 2.24) is 14.7 Å². The summed E-state index contributed by atoms with van der Waals surface area (Å²) in [4.78, 5) is 31.6. The van der Waals surface area contributed by atoms with Crippen molar-refractivity contribution < 1.29 is 14.7 Å². The first-order valence-electron chi connectivity index (χ1n) is 10.0. The number of rotatable bonds is 4. The maximum Gasteiger partial charge on any atom is 0.253 e. The number of benzene rings is 1. The number of nitrogens with zero attached hydrogens (tertiary/aromatic N) is 3. The number of piperidine rings is 1. The monoisotopic (exact) mass is 373 g/mol. The highest BCUT2D eigenvalue weighted by molar-refractivity contribution is 5.94. The number of hydrogen-bond acceptors (Lipinski definition) is 4. The molecule has 0 aromatic heterocycles. The van der Waals surface area contributed by atoms with Crippen LogP contribution in [-0.4, -0.2) is 83.0 Å². The maximum atomic E-state index is 12.9. The van der Waals surface area contributed by atoms with Gasteiger partial charge in [0.15, 0.2) is 0 Å². The molecule has 2 unspecified atom stereocenters. The van der Waals surface area contributed by atoms with Gasteiger partial charge in [-0.25, -0.2) is 0 Å². The molecular weight excluding hydrogens is 342 g/mol. The normalized spacial score (nSPS) is 23.3. The van der Waals surface area contributed by atoms with E-state index >= 15 is 0 Å². The quantitative estimate of drug-likeness (QED) is 0.868. The lowest BCUT2D eigenvalue weighted by atomic mass is 9.94. The Morgan fingerprint density at radius 1 is 1.07 bits per heavy atom. The van der Waals surface area contributed by atoms with Gasteiger partial charge < -0.3 is 14.9 Å². The Bertz CT molecular complexity index is 641. The lowest BCUT2D eigenvalue weighted by molar-refractivity contribution is -0.140. The van der Waals surface area contributed by atoms with Gasteiger partial charge in [-0.2, -0.15) is 0 Å². The van der Waals surface area contributed by atoms with Crippen molar-refractivity contribution in [2.24, 2.45) is 5.92 Å². The number of likely N-dealkylation sites (tertiary alicyclic amines) is 1. The first-order valence-corrected chi connectivity index (χ1v) is 10.0. The Morgan fingerprint density at radius 2 is 1.74 bits per heavy atom. The first kappa shape index (κ1) is 19.8. The summed E-state index contributed by atoms with van der Waals surface area (Å²) in [6.07, 6.45) is 1.13. The second-order valence-electron chi connectivity index (χ2n) is 7.91. The van der Waals surface area contributed by atoms with Gasteiger partial charge in [-0.1, -0.05) is 18.2 Å². The summed E-state index contributed by atoms with van der Waals surface area (Å²) in [5.74, 6) is 0.299. The third-order valence-electron chi connectivity index (χ3n) is 5.73. The van der Waals surface area contributed by atoms with E-state index in [0.717, 1.165) is 25.9 Å². The highest BCUT2D eigenvalue weighted by Crippen LogP contribution is 2.23. The number of amides is 2. The van der Waals surface area contributed by atoms with Gasteiger partial charge in [-0.05, 0) is 38.8 Å². The van der Waals surface area contributed by atoms with Crippen LogP contribution in [0.1, 0.15) is 37.0 Å². The lowest BCUT2D eigenvalue weighted by Gasteiger charge is -2.42. The Hall–Kier alpha value is -1.92. The van der Waals surface area contributed by atoms with Crippen molar-refractivity contribution in [2.45, 2.75) is 38.8 Å². The average molecular weight is 373 g/mol. The van der Waals surface area contributed by atoms with E-state index in [4.69, 9.17) is 0 Å². The number of β-amino-alcohol motifs (C(OH)–C–C–N with tert-alkyl or cyclic N) is 1. The van der Waals surface area contributed by atoms with Gasteiger partial charge >= 0.3 is 0 Å². The van der Waals surface area contributed by atoms with Crippen molar-refractivity contribution in [3.63, 3.8) is 0 Å². The zero-order valence-corrected chi connectivity index (χ0v) is 16.4. The number of piperazine rings is 1. The highest BCUT2D eigenvalue weighted by atomic mass is 16.3. The molecule has 2 aliphatic rings.